The van der Waals surface area contributed by atoms with Crippen molar-refractivity contribution in [1.82, 2.24) is 10.2 Å². The van der Waals surface area contributed by atoms with E-state index in [9.17, 15) is 18.0 Å². The smallest absolute Gasteiger partial charge is 0.244 e. The predicted molar refractivity (Wildman–Crippen MR) is 148 cm³/mol. The molecule has 0 heterocycles. The molecule has 9 heteroatoms. The summed E-state index contributed by atoms with van der Waals surface area (Å²) in [5, 5.41) is 2.97. The molecule has 0 aliphatic rings. The maximum Gasteiger partial charge on any atom is 0.244 e. The van der Waals surface area contributed by atoms with Crippen molar-refractivity contribution in [1.29, 1.82) is 0 Å². The zero-order valence-electron chi connectivity index (χ0n) is 23.0. The lowest BCUT2D eigenvalue weighted by Crippen LogP contribution is -2.53. The zero-order valence-corrected chi connectivity index (χ0v) is 23.8. The Labute approximate surface area is 222 Å². The lowest BCUT2D eigenvalue weighted by atomic mass is 10.0. The Morgan fingerprint density at radius 2 is 1.54 bits per heavy atom. The summed E-state index contributed by atoms with van der Waals surface area (Å²) in [4.78, 5) is 28.4. The summed E-state index contributed by atoms with van der Waals surface area (Å²) in [5.41, 5.74) is 2.27. The Morgan fingerprint density at radius 3 is 2.00 bits per heavy atom. The Morgan fingerprint density at radius 1 is 0.946 bits per heavy atom. The van der Waals surface area contributed by atoms with Crippen LogP contribution in [0, 0.1) is 0 Å². The minimum atomic E-state index is -3.77. The van der Waals surface area contributed by atoms with Gasteiger partial charge in [-0.05, 0) is 61.1 Å². The fourth-order valence-corrected chi connectivity index (χ4v) is 4.78. The van der Waals surface area contributed by atoms with Gasteiger partial charge in [0.05, 0.1) is 19.1 Å². The van der Waals surface area contributed by atoms with Crippen molar-refractivity contribution in [2.75, 3.05) is 24.2 Å². The van der Waals surface area contributed by atoms with Gasteiger partial charge >= 0.3 is 0 Å². The van der Waals surface area contributed by atoms with Crippen LogP contribution in [0.25, 0.3) is 0 Å². The van der Waals surface area contributed by atoms with Gasteiger partial charge in [-0.1, -0.05) is 52.0 Å². The van der Waals surface area contributed by atoms with Gasteiger partial charge in [-0.15, -0.1) is 0 Å². The number of nitrogens with one attached hydrogen (secondary N) is 1. The SMILES string of the molecule is CCC(C)NC(=O)C(CC)N(Cc1ccc(OC)cc1)C(=O)CN(c1ccc(C(C)C)cc1)S(C)(=O)=O. The quantitative estimate of drug-likeness (QED) is 0.416. The largest absolute Gasteiger partial charge is 0.497 e. The molecule has 204 valence electrons. The molecule has 2 rings (SSSR count). The maximum absolute atomic E-state index is 13.8. The molecular formula is C28H41N3O5S. The highest BCUT2D eigenvalue weighted by molar-refractivity contribution is 7.92. The number of anilines is 1. The van der Waals surface area contributed by atoms with Gasteiger partial charge in [0.15, 0.2) is 0 Å². The van der Waals surface area contributed by atoms with E-state index in [-0.39, 0.29) is 24.4 Å². The van der Waals surface area contributed by atoms with Crippen molar-refractivity contribution in [2.45, 2.75) is 72.0 Å². The van der Waals surface area contributed by atoms with E-state index in [1.54, 1.807) is 31.4 Å². The van der Waals surface area contributed by atoms with E-state index < -0.39 is 28.5 Å². The molecule has 1 N–H and O–H groups in total. The summed E-state index contributed by atoms with van der Waals surface area (Å²) < 4.78 is 31.8. The van der Waals surface area contributed by atoms with E-state index in [2.05, 4.69) is 19.2 Å². The number of amides is 2. The fraction of sp³-hybridized carbons (Fsp3) is 0.500. The number of carbonyl (C=O) groups is 2. The topological polar surface area (TPSA) is 96.0 Å². The molecule has 8 nitrogen and oxygen atoms in total. The zero-order chi connectivity index (χ0) is 27.8. The lowest BCUT2D eigenvalue weighted by Gasteiger charge is -2.33. The highest BCUT2D eigenvalue weighted by Crippen LogP contribution is 2.23. The monoisotopic (exact) mass is 531 g/mol. The summed E-state index contributed by atoms with van der Waals surface area (Å²) in [7, 11) is -2.19. The van der Waals surface area contributed by atoms with Gasteiger partial charge in [0.2, 0.25) is 21.8 Å². The molecule has 0 bridgehead atoms. The molecule has 2 aromatic carbocycles. The highest BCUT2D eigenvalue weighted by Gasteiger charge is 2.32. The van der Waals surface area contributed by atoms with Gasteiger partial charge in [0.1, 0.15) is 18.3 Å². The molecule has 2 unspecified atom stereocenters. The van der Waals surface area contributed by atoms with Crippen LogP contribution in [0.5, 0.6) is 5.75 Å². The maximum atomic E-state index is 13.8. The first-order chi connectivity index (χ1) is 17.4. The van der Waals surface area contributed by atoms with E-state index in [1.807, 2.05) is 45.0 Å². The van der Waals surface area contributed by atoms with Crippen LogP contribution in [0.1, 0.15) is 64.5 Å². The first-order valence-electron chi connectivity index (χ1n) is 12.7. The average Bonchev–Trinajstić information content (AvgIpc) is 2.86. The second-order valence-corrected chi connectivity index (χ2v) is 11.5. The summed E-state index contributed by atoms with van der Waals surface area (Å²) >= 11 is 0. The summed E-state index contributed by atoms with van der Waals surface area (Å²) in [6, 6.07) is 13.6. The number of hydrogen-bond acceptors (Lipinski definition) is 5. The average molecular weight is 532 g/mol. The van der Waals surface area contributed by atoms with Crippen LogP contribution in [-0.2, 0) is 26.2 Å². The Bertz CT molecular complexity index is 1130. The van der Waals surface area contributed by atoms with Crippen LogP contribution in [0.4, 0.5) is 5.69 Å². The Balaban J connectivity index is 2.43. The van der Waals surface area contributed by atoms with Gasteiger partial charge in [-0.25, -0.2) is 8.42 Å². The van der Waals surface area contributed by atoms with Crippen LogP contribution in [0.2, 0.25) is 0 Å². The highest BCUT2D eigenvalue weighted by atomic mass is 32.2. The van der Waals surface area contributed by atoms with E-state index in [4.69, 9.17) is 4.74 Å². The number of rotatable bonds is 13. The summed E-state index contributed by atoms with van der Waals surface area (Å²) in [6.45, 7) is 9.57. The van der Waals surface area contributed by atoms with Gasteiger partial charge in [-0.2, -0.15) is 0 Å². The molecule has 2 atom stereocenters. The normalized spacial score (nSPS) is 13.1. The molecule has 0 aliphatic carbocycles. The number of methoxy groups -OCH3 is 1. The molecule has 0 spiro atoms. The second kappa shape index (κ2) is 13.5. The molecule has 2 aromatic rings. The number of nitrogens with zero attached hydrogens (tertiary/aromatic N) is 2. The molecule has 0 aliphatic heterocycles. The molecular weight excluding hydrogens is 490 g/mol. The van der Waals surface area contributed by atoms with Crippen LogP contribution in [0.3, 0.4) is 0 Å². The van der Waals surface area contributed by atoms with Crippen molar-refractivity contribution >= 4 is 27.5 Å². The summed E-state index contributed by atoms with van der Waals surface area (Å²) in [5.74, 6) is 0.249. The third kappa shape index (κ3) is 8.49. The second-order valence-electron chi connectivity index (χ2n) is 9.63. The lowest BCUT2D eigenvalue weighted by molar-refractivity contribution is -0.140. The van der Waals surface area contributed by atoms with Crippen molar-refractivity contribution in [3.8, 4) is 5.75 Å². The van der Waals surface area contributed by atoms with Gasteiger partial charge in [0, 0.05) is 12.6 Å². The van der Waals surface area contributed by atoms with Gasteiger partial charge in [-0.3, -0.25) is 13.9 Å². The molecule has 2 amide bonds. The molecule has 0 saturated carbocycles. The number of benzene rings is 2. The van der Waals surface area contributed by atoms with E-state index in [1.165, 1.54) is 4.90 Å². The van der Waals surface area contributed by atoms with Crippen LogP contribution < -0.4 is 14.4 Å². The number of ether oxygens (including phenoxy) is 1. The molecule has 0 radical (unpaired) electrons. The molecule has 0 fully saturated rings. The first kappa shape index (κ1) is 30.2. The Hall–Kier alpha value is -3.07. The standard InChI is InChI=1S/C28H41N3O5S/c1-8-21(5)29-28(33)26(9-2)30(18-22-10-16-25(36-6)17-11-22)27(32)19-31(37(7,34)35)24-14-12-23(13-15-24)20(3)4/h10-17,20-21,26H,8-9,18-19H2,1-7H3,(H,29,33). The number of hydrogen-bond donors (Lipinski definition) is 1. The minimum Gasteiger partial charge on any atom is -0.497 e. The molecule has 37 heavy (non-hydrogen) atoms. The van der Waals surface area contributed by atoms with E-state index in [0.29, 0.717) is 17.9 Å². The number of carbonyl (C=O) groups excluding carboxylic acids is 2. The summed E-state index contributed by atoms with van der Waals surface area (Å²) in [6.07, 6.45) is 2.21. The van der Waals surface area contributed by atoms with Crippen molar-refractivity contribution in [2.24, 2.45) is 0 Å². The van der Waals surface area contributed by atoms with Crippen LogP contribution in [-0.4, -0.2) is 57.1 Å². The van der Waals surface area contributed by atoms with E-state index in [0.717, 1.165) is 28.1 Å². The molecule has 0 saturated heterocycles. The fourth-order valence-electron chi connectivity index (χ4n) is 3.93. The third-order valence-electron chi connectivity index (χ3n) is 6.43. The van der Waals surface area contributed by atoms with Crippen LogP contribution in [0.15, 0.2) is 48.5 Å². The van der Waals surface area contributed by atoms with Crippen molar-refractivity contribution < 1.29 is 22.7 Å². The first-order valence-corrected chi connectivity index (χ1v) is 14.6. The predicted octanol–water partition coefficient (Wildman–Crippen LogP) is 4.31. The van der Waals surface area contributed by atoms with Gasteiger partial charge in [0.25, 0.3) is 0 Å². The third-order valence-corrected chi connectivity index (χ3v) is 7.57. The van der Waals surface area contributed by atoms with Gasteiger partial charge < -0.3 is 15.0 Å². The minimum absolute atomic E-state index is 0.0496. The van der Waals surface area contributed by atoms with Crippen molar-refractivity contribution in [3.05, 3.63) is 59.7 Å². The van der Waals surface area contributed by atoms with Crippen molar-refractivity contribution in [3.63, 3.8) is 0 Å². The van der Waals surface area contributed by atoms with Crippen LogP contribution >= 0.6 is 0 Å². The Kier molecular flexibility index (Phi) is 11.0. The molecule has 0 aromatic heterocycles. The number of sulfonamides is 1. The van der Waals surface area contributed by atoms with E-state index >= 15 is 0 Å².